The van der Waals surface area contributed by atoms with Crippen LogP contribution in [0.25, 0.3) is 11.1 Å². The van der Waals surface area contributed by atoms with Gasteiger partial charge in [0.2, 0.25) is 5.78 Å². The van der Waals surface area contributed by atoms with Gasteiger partial charge in [-0.2, -0.15) is 0 Å². The third kappa shape index (κ3) is 3.66. The van der Waals surface area contributed by atoms with Crippen LogP contribution in [0.3, 0.4) is 0 Å². The largest absolute Gasteiger partial charge is 0.510 e. The van der Waals surface area contributed by atoms with Gasteiger partial charge in [-0.05, 0) is 57.0 Å². The average Bonchev–Trinajstić information content (AvgIpc) is 2.85. The lowest BCUT2D eigenvalue weighted by Crippen LogP contribution is -2.63. The summed E-state index contributed by atoms with van der Waals surface area (Å²) in [5, 5.41) is 45.7. The van der Waals surface area contributed by atoms with Crippen molar-refractivity contribution in [2.45, 2.75) is 31.4 Å². The van der Waals surface area contributed by atoms with Crippen LogP contribution >= 0.6 is 0 Å². The van der Waals surface area contributed by atoms with Crippen molar-refractivity contribution in [3.05, 3.63) is 69.7 Å². The molecule has 0 saturated carbocycles. The predicted molar refractivity (Wildman–Crippen MR) is 148 cm³/mol. The molecule has 5 rings (SSSR count). The summed E-state index contributed by atoms with van der Waals surface area (Å²) < 4.78 is 0. The number of phenols is 1. The first kappa shape index (κ1) is 27.4. The van der Waals surface area contributed by atoms with E-state index in [1.165, 1.54) is 4.90 Å². The molecule has 40 heavy (non-hydrogen) atoms. The number of allylic oxidation sites excluding steroid dienone is 1. The number of likely N-dealkylation sites (N-methyl/N-ethyl adjacent to an activating group) is 1. The highest BCUT2D eigenvalue weighted by Gasteiger charge is 2.63. The minimum atomic E-state index is -2.67. The van der Waals surface area contributed by atoms with Crippen molar-refractivity contribution in [1.29, 1.82) is 0 Å². The van der Waals surface area contributed by atoms with Crippen molar-refractivity contribution in [2.24, 2.45) is 17.6 Å². The molecule has 0 heterocycles. The van der Waals surface area contributed by atoms with Gasteiger partial charge in [-0.3, -0.25) is 19.3 Å². The molecule has 210 valence electrons. The second kappa shape index (κ2) is 9.21. The summed E-state index contributed by atoms with van der Waals surface area (Å²) in [6.07, 6.45) is 0.267. The number of primary amides is 1. The Kier molecular flexibility index (Phi) is 6.31. The first-order chi connectivity index (χ1) is 18.7. The van der Waals surface area contributed by atoms with E-state index in [1.54, 1.807) is 14.1 Å². The Balaban J connectivity index is 1.76. The normalized spacial score (nSPS) is 26.0. The molecule has 0 bridgehead atoms. The quantitative estimate of drug-likeness (QED) is 0.361. The van der Waals surface area contributed by atoms with E-state index < -0.39 is 58.0 Å². The van der Waals surface area contributed by atoms with Crippen LogP contribution in [0.4, 0.5) is 5.69 Å². The number of ketones is 2. The lowest BCUT2D eigenvalue weighted by Gasteiger charge is -2.50. The molecular weight excluding hydrogens is 514 g/mol. The molecular formula is C30H33N3O7. The molecule has 0 unspecified atom stereocenters. The van der Waals surface area contributed by atoms with E-state index in [0.29, 0.717) is 22.4 Å². The maximum atomic E-state index is 14.1. The molecule has 1 amide bonds. The van der Waals surface area contributed by atoms with Crippen molar-refractivity contribution < 1.29 is 34.8 Å². The minimum Gasteiger partial charge on any atom is -0.510 e. The Morgan fingerprint density at radius 3 is 2.33 bits per heavy atom. The summed E-state index contributed by atoms with van der Waals surface area (Å²) in [6.45, 7) is 1.91. The second-order valence-electron chi connectivity index (χ2n) is 11.4. The van der Waals surface area contributed by atoms with E-state index in [0.717, 1.165) is 5.56 Å². The van der Waals surface area contributed by atoms with Gasteiger partial charge in [0.05, 0.1) is 11.6 Å². The Morgan fingerprint density at radius 1 is 1.07 bits per heavy atom. The monoisotopic (exact) mass is 547 g/mol. The number of carbonyl (C=O) groups is 3. The molecule has 0 aromatic heterocycles. The van der Waals surface area contributed by atoms with Gasteiger partial charge in [-0.25, -0.2) is 0 Å². The fourth-order valence-corrected chi connectivity index (χ4v) is 6.73. The van der Waals surface area contributed by atoms with Crippen LogP contribution in [0.2, 0.25) is 0 Å². The van der Waals surface area contributed by atoms with E-state index >= 15 is 0 Å². The van der Waals surface area contributed by atoms with Crippen LogP contribution in [0.1, 0.15) is 27.9 Å². The molecule has 0 aliphatic heterocycles. The third-order valence-electron chi connectivity index (χ3n) is 8.51. The van der Waals surface area contributed by atoms with Crippen LogP contribution in [-0.2, 0) is 16.0 Å². The van der Waals surface area contributed by atoms with E-state index in [9.17, 15) is 34.8 Å². The van der Waals surface area contributed by atoms with Gasteiger partial charge in [-0.15, -0.1) is 0 Å². The molecule has 3 aliphatic rings. The summed E-state index contributed by atoms with van der Waals surface area (Å²) in [4.78, 5) is 43.2. The van der Waals surface area contributed by atoms with E-state index in [4.69, 9.17) is 5.73 Å². The van der Waals surface area contributed by atoms with Gasteiger partial charge in [0.25, 0.3) is 5.91 Å². The second-order valence-corrected chi connectivity index (χ2v) is 11.4. The molecule has 10 nitrogen and oxygen atoms in total. The first-order valence-corrected chi connectivity index (χ1v) is 13.0. The van der Waals surface area contributed by atoms with Gasteiger partial charge in [0.1, 0.15) is 22.8 Å². The highest BCUT2D eigenvalue weighted by atomic mass is 16.3. The Morgan fingerprint density at radius 2 is 1.75 bits per heavy atom. The van der Waals surface area contributed by atoms with E-state index in [1.807, 2.05) is 56.3 Å². The van der Waals surface area contributed by atoms with E-state index in [-0.39, 0.29) is 29.7 Å². The number of Topliss-reactive ketones (excluding diaryl/α,β-unsaturated/α-hetero) is 2. The van der Waals surface area contributed by atoms with E-state index in [2.05, 4.69) is 0 Å². The summed E-state index contributed by atoms with van der Waals surface area (Å²) in [5.41, 5.74) is 5.08. The number of fused-ring (bicyclic) bond motifs is 3. The number of carbonyl (C=O) groups excluding carboxylic acids is 3. The number of rotatable bonds is 4. The Hall–Kier alpha value is -4.15. The fourth-order valence-electron chi connectivity index (χ4n) is 6.73. The highest BCUT2D eigenvalue weighted by molar-refractivity contribution is 6.25. The number of hydrogen-bond donors (Lipinski definition) is 5. The number of phenolic OH excluding ortho intramolecular Hbond substituents is 1. The maximum Gasteiger partial charge on any atom is 0.255 e. The number of nitrogens with two attached hydrogens (primary N) is 1. The zero-order chi connectivity index (χ0) is 29.4. The van der Waals surface area contributed by atoms with Gasteiger partial charge < -0.3 is 31.1 Å². The smallest absolute Gasteiger partial charge is 0.255 e. The minimum absolute atomic E-state index is 0.0107. The topological polar surface area (TPSA) is 165 Å². The molecule has 0 spiro atoms. The van der Waals surface area contributed by atoms with Crippen molar-refractivity contribution in [2.75, 3.05) is 33.1 Å². The molecule has 4 atom stereocenters. The molecule has 2 aromatic carbocycles. The SMILES string of the molecule is Cc1cccc(-c2cc(N(C)C)c3c(c2O)C(=O)C2=C(O)[C@]4(O)C(=O)C(C(N)=O)=C(O)[C@@H](N(C)C)[C@@H]4C[C@@H]2C3)c1. The maximum absolute atomic E-state index is 14.1. The molecule has 3 aliphatic carbocycles. The number of aliphatic hydroxyl groups excluding tert-OH is 2. The Labute approximate surface area is 231 Å². The number of nitrogens with zero attached hydrogens (tertiary/aromatic N) is 2. The van der Waals surface area contributed by atoms with Gasteiger partial charge >= 0.3 is 0 Å². The fraction of sp³-hybridized carbons (Fsp3) is 0.367. The predicted octanol–water partition coefficient (Wildman–Crippen LogP) is 2.16. The number of anilines is 1. The lowest BCUT2D eigenvalue weighted by molar-refractivity contribution is -0.148. The summed E-state index contributed by atoms with van der Waals surface area (Å²) >= 11 is 0. The molecule has 6 N–H and O–H groups in total. The third-order valence-corrected chi connectivity index (χ3v) is 8.51. The van der Waals surface area contributed by atoms with Crippen molar-refractivity contribution in [1.82, 2.24) is 4.90 Å². The standard InChI is InChI=1S/C30H33N3O7/c1-13-7-6-8-14(9-13)16-12-19(32(2)3)17-10-15-11-18-23(33(4)5)26(36)22(29(31)39)28(38)30(18,40)27(37)20(15)25(35)21(17)24(16)34/h6-9,12,15,18,23,34,36-37,40H,10-11H2,1-5H3,(H2,31,39)/t15-,18-,23-,30-/m0/s1. The van der Waals surface area contributed by atoms with Crippen LogP contribution in [0.5, 0.6) is 5.75 Å². The molecule has 0 saturated heterocycles. The van der Waals surface area contributed by atoms with Crippen LogP contribution in [0.15, 0.2) is 53.0 Å². The van der Waals surface area contributed by atoms with Crippen molar-refractivity contribution in [3.63, 3.8) is 0 Å². The van der Waals surface area contributed by atoms with Gasteiger partial charge in [0.15, 0.2) is 11.4 Å². The van der Waals surface area contributed by atoms with Crippen molar-refractivity contribution in [3.8, 4) is 16.9 Å². The number of amides is 1. The van der Waals surface area contributed by atoms with Crippen LogP contribution < -0.4 is 10.6 Å². The molecule has 0 radical (unpaired) electrons. The average molecular weight is 548 g/mol. The molecule has 2 aromatic rings. The highest BCUT2D eigenvalue weighted by Crippen LogP contribution is 2.54. The summed E-state index contributed by atoms with van der Waals surface area (Å²) in [7, 11) is 6.86. The number of aliphatic hydroxyl groups is 3. The zero-order valence-electron chi connectivity index (χ0n) is 23.0. The number of aryl methyl sites for hydroxylation is 1. The number of aromatic hydroxyl groups is 1. The number of benzene rings is 2. The Bertz CT molecular complexity index is 1550. The van der Waals surface area contributed by atoms with Crippen LogP contribution in [0, 0.1) is 18.8 Å². The van der Waals surface area contributed by atoms with Gasteiger partial charge in [0, 0.05) is 36.8 Å². The molecule has 10 heteroatoms. The van der Waals surface area contributed by atoms with Gasteiger partial charge in [-0.1, -0.05) is 29.8 Å². The summed E-state index contributed by atoms with van der Waals surface area (Å²) in [6, 6.07) is 8.25. The first-order valence-electron chi connectivity index (χ1n) is 13.0. The van der Waals surface area contributed by atoms with Crippen LogP contribution in [-0.4, -0.2) is 82.6 Å². The zero-order valence-corrected chi connectivity index (χ0v) is 23.0. The number of hydrogen-bond acceptors (Lipinski definition) is 9. The molecule has 0 fully saturated rings. The lowest BCUT2D eigenvalue weighted by atomic mass is 9.58. The summed E-state index contributed by atoms with van der Waals surface area (Å²) in [5.74, 6) is -6.65. The van der Waals surface area contributed by atoms with Crippen molar-refractivity contribution >= 4 is 23.2 Å².